The highest BCUT2D eigenvalue weighted by Gasteiger charge is 2.16. The lowest BCUT2D eigenvalue weighted by molar-refractivity contribution is 0.0995. The standard InChI is InChI=1S/C18H21N3O4S/c1-4-21(26(3,24)25)14-10-8-13(9-11-14)18(23)20-16-7-5-6-15(12(16)2)17(19)22/h5-11H,4H2,1-3H3,(H2,19,22)(H,20,23). The van der Waals surface area contributed by atoms with Gasteiger partial charge in [-0.25, -0.2) is 8.42 Å². The highest BCUT2D eigenvalue weighted by atomic mass is 32.2. The predicted octanol–water partition coefficient (Wildman–Crippen LogP) is 2.13. The topological polar surface area (TPSA) is 110 Å². The zero-order chi connectivity index (χ0) is 19.5. The summed E-state index contributed by atoms with van der Waals surface area (Å²) in [4.78, 5) is 23.8. The summed E-state index contributed by atoms with van der Waals surface area (Å²) in [5.74, 6) is -0.938. The normalized spacial score (nSPS) is 11.0. The van der Waals surface area contributed by atoms with Crippen LogP contribution in [0.4, 0.5) is 11.4 Å². The molecule has 0 saturated carbocycles. The number of hydrogen-bond donors (Lipinski definition) is 2. The Balaban J connectivity index is 2.24. The summed E-state index contributed by atoms with van der Waals surface area (Å²) in [6.45, 7) is 3.73. The average Bonchev–Trinajstić information content (AvgIpc) is 2.56. The number of benzene rings is 2. The van der Waals surface area contributed by atoms with E-state index in [1.54, 1.807) is 56.3 Å². The molecule has 7 nitrogen and oxygen atoms in total. The minimum atomic E-state index is -3.38. The van der Waals surface area contributed by atoms with Gasteiger partial charge in [0.1, 0.15) is 0 Å². The number of sulfonamides is 1. The van der Waals surface area contributed by atoms with E-state index in [1.807, 2.05) is 0 Å². The molecule has 0 heterocycles. The summed E-state index contributed by atoms with van der Waals surface area (Å²) >= 11 is 0. The van der Waals surface area contributed by atoms with E-state index in [-0.39, 0.29) is 5.91 Å². The molecule has 0 unspecified atom stereocenters. The van der Waals surface area contributed by atoms with Crippen molar-refractivity contribution in [2.24, 2.45) is 5.73 Å². The second-order valence-corrected chi connectivity index (χ2v) is 7.68. The van der Waals surface area contributed by atoms with Crippen LogP contribution in [0.3, 0.4) is 0 Å². The number of carbonyl (C=O) groups excluding carboxylic acids is 2. The van der Waals surface area contributed by atoms with E-state index < -0.39 is 15.9 Å². The first-order valence-corrected chi connectivity index (χ1v) is 9.78. The van der Waals surface area contributed by atoms with Gasteiger partial charge in [-0.15, -0.1) is 0 Å². The maximum absolute atomic E-state index is 12.4. The largest absolute Gasteiger partial charge is 0.366 e. The van der Waals surface area contributed by atoms with Crippen LogP contribution in [0.2, 0.25) is 0 Å². The van der Waals surface area contributed by atoms with Crippen molar-refractivity contribution in [3.63, 3.8) is 0 Å². The second kappa shape index (κ2) is 7.57. The minimum absolute atomic E-state index is 0.295. The van der Waals surface area contributed by atoms with Crippen LogP contribution in [-0.4, -0.2) is 33.0 Å². The van der Waals surface area contributed by atoms with Crippen LogP contribution in [0.15, 0.2) is 42.5 Å². The van der Waals surface area contributed by atoms with Crippen LogP contribution < -0.4 is 15.4 Å². The van der Waals surface area contributed by atoms with Crippen LogP contribution in [0.5, 0.6) is 0 Å². The Kier molecular flexibility index (Phi) is 5.66. The number of amides is 2. The van der Waals surface area contributed by atoms with E-state index in [0.717, 1.165) is 6.26 Å². The molecule has 2 aromatic rings. The number of nitrogens with two attached hydrogens (primary N) is 1. The van der Waals surface area contributed by atoms with Crippen molar-refractivity contribution in [3.8, 4) is 0 Å². The number of carbonyl (C=O) groups is 2. The number of nitrogens with zero attached hydrogens (tertiary/aromatic N) is 1. The molecule has 2 amide bonds. The number of hydrogen-bond acceptors (Lipinski definition) is 4. The van der Waals surface area contributed by atoms with E-state index in [2.05, 4.69) is 5.32 Å². The molecule has 0 radical (unpaired) electrons. The van der Waals surface area contributed by atoms with Gasteiger partial charge in [-0.2, -0.15) is 0 Å². The van der Waals surface area contributed by atoms with Crippen molar-refractivity contribution in [2.45, 2.75) is 13.8 Å². The lowest BCUT2D eigenvalue weighted by Gasteiger charge is -2.20. The van der Waals surface area contributed by atoms with E-state index in [9.17, 15) is 18.0 Å². The fourth-order valence-corrected chi connectivity index (χ4v) is 3.59. The maximum atomic E-state index is 12.4. The third-order valence-electron chi connectivity index (χ3n) is 3.95. The molecule has 0 saturated heterocycles. The second-order valence-electron chi connectivity index (χ2n) is 5.77. The van der Waals surface area contributed by atoms with Crippen LogP contribution in [0.25, 0.3) is 0 Å². The Hall–Kier alpha value is -2.87. The Morgan fingerprint density at radius 1 is 1.12 bits per heavy atom. The summed E-state index contributed by atoms with van der Waals surface area (Å²) in [6, 6.07) is 11.1. The fraction of sp³-hybridized carbons (Fsp3) is 0.222. The lowest BCUT2D eigenvalue weighted by Crippen LogP contribution is -2.29. The third-order valence-corrected chi connectivity index (χ3v) is 5.22. The third kappa shape index (κ3) is 4.20. The van der Waals surface area contributed by atoms with Gasteiger partial charge in [0.05, 0.1) is 11.9 Å². The summed E-state index contributed by atoms with van der Waals surface area (Å²) in [5.41, 5.74) is 7.57. The molecule has 138 valence electrons. The average molecular weight is 375 g/mol. The summed E-state index contributed by atoms with van der Waals surface area (Å²) in [7, 11) is -3.38. The highest BCUT2D eigenvalue weighted by molar-refractivity contribution is 7.92. The van der Waals surface area contributed by atoms with Crippen LogP contribution in [-0.2, 0) is 10.0 Å². The number of anilines is 2. The van der Waals surface area contributed by atoms with Gasteiger partial charge in [0.15, 0.2) is 0 Å². The Labute approximate surface area is 152 Å². The smallest absolute Gasteiger partial charge is 0.255 e. The number of nitrogens with one attached hydrogen (secondary N) is 1. The van der Waals surface area contributed by atoms with Crippen molar-refractivity contribution in [3.05, 3.63) is 59.2 Å². The molecule has 0 fully saturated rings. The summed E-state index contributed by atoms with van der Waals surface area (Å²) < 4.78 is 24.8. The Bertz CT molecular complexity index is 937. The minimum Gasteiger partial charge on any atom is -0.366 e. The van der Waals surface area contributed by atoms with E-state index in [0.29, 0.717) is 34.6 Å². The first-order chi connectivity index (χ1) is 12.1. The molecule has 2 aromatic carbocycles. The molecule has 0 aliphatic heterocycles. The highest BCUT2D eigenvalue weighted by Crippen LogP contribution is 2.21. The van der Waals surface area contributed by atoms with Gasteiger partial charge in [-0.05, 0) is 55.8 Å². The maximum Gasteiger partial charge on any atom is 0.255 e. The predicted molar refractivity (Wildman–Crippen MR) is 102 cm³/mol. The van der Waals surface area contributed by atoms with Gasteiger partial charge < -0.3 is 11.1 Å². The first kappa shape index (κ1) is 19.5. The van der Waals surface area contributed by atoms with Crippen molar-refractivity contribution >= 4 is 33.2 Å². The van der Waals surface area contributed by atoms with Gasteiger partial charge in [0.2, 0.25) is 15.9 Å². The fourth-order valence-electron chi connectivity index (χ4n) is 2.62. The van der Waals surface area contributed by atoms with Crippen LogP contribution >= 0.6 is 0 Å². The van der Waals surface area contributed by atoms with Gasteiger partial charge in [0.25, 0.3) is 5.91 Å². The molecule has 2 rings (SSSR count). The molecule has 26 heavy (non-hydrogen) atoms. The van der Waals surface area contributed by atoms with Crippen LogP contribution in [0.1, 0.15) is 33.2 Å². The molecule has 0 aromatic heterocycles. The summed E-state index contributed by atoms with van der Waals surface area (Å²) in [6.07, 6.45) is 1.13. The molecule has 0 aliphatic rings. The zero-order valence-electron chi connectivity index (χ0n) is 14.8. The van der Waals surface area contributed by atoms with E-state index in [1.165, 1.54) is 4.31 Å². The number of rotatable bonds is 6. The number of primary amides is 1. The molecule has 0 atom stereocenters. The van der Waals surface area contributed by atoms with Crippen molar-refractivity contribution in [1.29, 1.82) is 0 Å². The Morgan fingerprint density at radius 2 is 1.73 bits per heavy atom. The van der Waals surface area contributed by atoms with Crippen molar-refractivity contribution < 1.29 is 18.0 Å². The molecular formula is C18H21N3O4S. The van der Waals surface area contributed by atoms with Gasteiger partial charge in [-0.3, -0.25) is 13.9 Å². The van der Waals surface area contributed by atoms with Gasteiger partial charge in [0, 0.05) is 23.4 Å². The first-order valence-electron chi connectivity index (χ1n) is 7.93. The molecule has 8 heteroatoms. The van der Waals surface area contributed by atoms with Crippen molar-refractivity contribution in [2.75, 3.05) is 22.4 Å². The van der Waals surface area contributed by atoms with Crippen LogP contribution in [0, 0.1) is 6.92 Å². The quantitative estimate of drug-likeness (QED) is 0.806. The molecule has 3 N–H and O–H groups in total. The van der Waals surface area contributed by atoms with E-state index in [4.69, 9.17) is 5.73 Å². The van der Waals surface area contributed by atoms with E-state index >= 15 is 0 Å². The summed E-state index contributed by atoms with van der Waals surface area (Å²) in [5, 5.41) is 2.74. The van der Waals surface area contributed by atoms with Crippen molar-refractivity contribution in [1.82, 2.24) is 0 Å². The molecular weight excluding hydrogens is 354 g/mol. The lowest BCUT2D eigenvalue weighted by atomic mass is 10.1. The monoisotopic (exact) mass is 375 g/mol. The zero-order valence-corrected chi connectivity index (χ0v) is 15.6. The van der Waals surface area contributed by atoms with Gasteiger partial charge >= 0.3 is 0 Å². The molecule has 0 spiro atoms. The molecule has 0 bridgehead atoms. The Morgan fingerprint density at radius 3 is 2.23 bits per heavy atom. The molecule has 0 aliphatic carbocycles. The SMILES string of the molecule is CCN(c1ccc(C(=O)Nc2cccc(C(N)=O)c2C)cc1)S(C)(=O)=O. The van der Waals surface area contributed by atoms with Gasteiger partial charge in [-0.1, -0.05) is 6.07 Å².